The first-order valence-electron chi connectivity index (χ1n) is 10.6. The summed E-state index contributed by atoms with van der Waals surface area (Å²) in [6, 6.07) is 0. The Labute approximate surface area is 199 Å². The summed E-state index contributed by atoms with van der Waals surface area (Å²) in [5, 5.41) is 39.9. The smallest absolute Gasteiger partial charge is 0.303 e. The molecule has 2 saturated heterocycles. The number of hydrogen-bond donors (Lipinski definition) is 4. The molecule has 2 rings (SSSR count). The van der Waals surface area contributed by atoms with Crippen LogP contribution in [-0.4, -0.2) is 119 Å². The van der Waals surface area contributed by atoms with Crippen LogP contribution in [-0.2, 0) is 52.3 Å². The first kappa shape index (κ1) is 28.8. The molecule has 2 aliphatic rings. The fourth-order valence-electron chi connectivity index (χ4n) is 3.66. The largest absolute Gasteiger partial charge is 0.463 e. The van der Waals surface area contributed by atoms with Crippen molar-refractivity contribution in [3.63, 3.8) is 0 Å². The van der Waals surface area contributed by atoms with Gasteiger partial charge in [0.1, 0.15) is 37.6 Å². The minimum absolute atomic E-state index is 0.494. The van der Waals surface area contributed by atoms with Gasteiger partial charge < -0.3 is 53.6 Å². The molecule has 2 fully saturated rings. The molecule has 2 heterocycles. The molecule has 0 radical (unpaired) electrons. The van der Waals surface area contributed by atoms with Crippen molar-refractivity contribution in [3.8, 4) is 0 Å². The molecule has 0 aromatic heterocycles. The second-order valence-corrected chi connectivity index (χ2v) is 8.00. The van der Waals surface area contributed by atoms with Crippen molar-refractivity contribution in [3.05, 3.63) is 0 Å². The van der Waals surface area contributed by atoms with Crippen molar-refractivity contribution in [2.75, 3.05) is 19.8 Å². The summed E-state index contributed by atoms with van der Waals surface area (Å²) in [5.74, 6) is -5.74. The lowest BCUT2D eigenvalue weighted by molar-refractivity contribution is -0.334. The van der Waals surface area contributed by atoms with Crippen LogP contribution in [0.15, 0.2) is 0 Å². The number of aliphatic hydroxyl groups excluding tert-OH is 3. The van der Waals surface area contributed by atoms with E-state index < -0.39 is 98.5 Å². The van der Waals surface area contributed by atoms with Gasteiger partial charge in [0.25, 0.3) is 0 Å². The second-order valence-electron chi connectivity index (χ2n) is 8.00. The van der Waals surface area contributed by atoms with E-state index in [-0.39, 0.29) is 0 Å². The number of esters is 4. The molecule has 0 amide bonds. The summed E-state index contributed by atoms with van der Waals surface area (Å²) in [7, 11) is 0. The lowest BCUT2D eigenvalue weighted by Crippen LogP contribution is -2.63. The van der Waals surface area contributed by atoms with Gasteiger partial charge in [0.2, 0.25) is 5.79 Å². The molecule has 0 aromatic carbocycles. The summed E-state index contributed by atoms with van der Waals surface area (Å²) in [4.78, 5) is 46.7. The Hall–Kier alpha value is -2.40. The van der Waals surface area contributed by atoms with Crippen molar-refractivity contribution in [1.29, 1.82) is 0 Å². The third-order valence-corrected chi connectivity index (χ3v) is 5.10. The molecule has 9 atom stereocenters. The van der Waals surface area contributed by atoms with Gasteiger partial charge in [-0.2, -0.15) is 0 Å². The lowest BCUT2D eigenvalue weighted by Gasteiger charge is -2.44. The van der Waals surface area contributed by atoms with Crippen LogP contribution < -0.4 is 0 Å². The van der Waals surface area contributed by atoms with Gasteiger partial charge in [-0.15, -0.1) is 0 Å². The standard InChI is InChI=1S/C20H30O15/c1-8(22)29-6-13-15(31-9(2)23)16(32-10(3)24)17(33-11(4)25)19(34-13)30-7-20(28)18(27)14(26)12(5-21)35-20/h12-19,21,26-28H,5-7H2,1-4H3/t12-,13-,14-,15-,16+,17-,18+,19+,20-/m1/s1. The maximum Gasteiger partial charge on any atom is 0.303 e. The van der Waals surface area contributed by atoms with Crippen LogP contribution in [0, 0.1) is 0 Å². The molecule has 0 aliphatic carbocycles. The average molecular weight is 510 g/mol. The predicted molar refractivity (Wildman–Crippen MR) is 107 cm³/mol. The lowest BCUT2D eigenvalue weighted by atomic mass is 9.98. The second kappa shape index (κ2) is 12.0. The van der Waals surface area contributed by atoms with Gasteiger partial charge in [0, 0.05) is 27.7 Å². The third kappa shape index (κ3) is 7.30. The SMILES string of the molecule is CC(=O)OC[C@H]1O[C@H](OC[C@@]2(O)O[C@H](CO)[C@@H](O)[C@@H]2O)[C@H](OC(C)=O)[C@@H](OC(C)=O)[C@@H]1OC(C)=O. The number of hydrogen-bond acceptors (Lipinski definition) is 15. The molecule has 4 N–H and O–H groups in total. The minimum atomic E-state index is -2.51. The fraction of sp³-hybridized carbons (Fsp3) is 0.800. The summed E-state index contributed by atoms with van der Waals surface area (Å²) in [6.45, 7) is 2.16. The monoisotopic (exact) mass is 510 g/mol. The van der Waals surface area contributed by atoms with E-state index in [1.807, 2.05) is 0 Å². The van der Waals surface area contributed by atoms with E-state index in [0.717, 1.165) is 27.7 Å². The zero-order chi connectivity index (χ0) is 26.5. The van der Waals surface area contributed by atoms with Crippen LogP contribution in [0.25, 0.3) is 0 Å². The van der Waals surface area contributed by atoms with E-state index in [9.17, 15) is 39.6 Å². The Morgan fingerprint density at radius 3 is 1.86 bits per heavy atom. The zero-order valence-electron chi connectivity index (χ0n) is 19.5. The molecule has 200 valence electrons. The molecular formula is C20H30O15. The number of carbonyl (C=O) groups is 4. The number of ether oxygens (including phenoxy) is 7. The molecule has 0 aromatic rings. The van der Waals surface area contributed by atoms with E-state index in [1.54, 1.807) is 0 Å². The van der Waals surface area contributed by atoms with Gasteiger partial charge in [-0.25, -0.2) is 0 Å². The van der Waals surface area contributed by atoms with Crippen molar-refractivity contribution in [2.45, 2.75) is 82.5 Å². The molecule has 15 nitrogen and oxygen atoms in total. The molecule has 2 aliphatic heterocycles. The Bertz CT molecular complexity index is 786. The molecule has 35 heavy (non-hydrogen) atoms. The fourth-order valence-corrected chi connectivity index (χ4v) is 3.66. The quantitative estimate of drug-likeness (QED) is 0.178. The van der Waals surface area contributed by atoms with Crippen LogP contribution in [0.4, 0.5) is 0 Å². The molecule has 0 unspecified atom stereocenters. The van der Waals surface area contributed by atoms with Crippen molar-refractivity contribution in [2.24, 2.45) is 0 Å². The van der Waals surface area contributed by atoms with E-state index in [2.05, 4.69) is 0 Å². The van der Waals surface area contributed by atoms with Crippen LogP contribution in [0.2, 0.25) is 0 Å². The molecule has 0 spiro atoms. The maximum atomic E-state index is 11.8. The Kier molecular flexibility index (Phi) is 9.91. The number of rotatable bonds is 9. The topological polar surface area (TPSA) is 214 Å². The zero-order valence-corrected chi connectivity index (χ0v) is 19.5. The van der Waals surface area contributed by atoms with Crippen LogP contribution in [0.5, 0.6) is 0 Å². The molecule has 0 bridgehead atoms. The highest BCUT2D eigenvalue weighted by Crippen LogP contribution is 2.33. The third-order valence-electron chi connectivity index (χ3n) is 5.10. The van der Waals surface area contributed by atoms with E-state index in [4.69, 9.17) is 33.2 Å². The minimum Gasteiger partial charge on any atom is -0.463 e. The normalized spacial score (nSPS) is 36.8. The maximum absolute atomic E-state index is 11.8. The van der Waals surface area contributed by atoms with E-state index >= 15 is 0 Å². The average Bonchev–Trinajstić information content (AvgIpc) is 2.97. The van der Waals surface area contributed by atoms with Gasteiger partial charge in [0.05, 0.1) is 6.61 Å². The number of carbonyl (C=O) groups excluding carboxylic acids is 4. The molecule has 15 heteroatoms. The van der Waals surface area contributed by atoms with E-state index in [1.165, 1.54) is 0 Å². The van der Waals surface area contributed by atoms with Crippen LogP contribution in [0.1, 0.15) is 27.7 Å². The van der Waals surface area contributed by atoms with Gasteiger partial charge >= 0.3 is 23.9 Å². The van der Waals surface area contributed by atoms with Gasteiger partial charge in [-0.05, 0) is 0 Å². The van der Waals surface area contributed by atoms with Gasteiger partial charge in [-0.3, -0.25) is 19.2 Å². The Morgan fingerprint density at radius 2 is 1.37 bits per heavy atom. The van der Waals surface area contributed by atoms with E-state index in [0.29, 0.717) is 0 Å². The van der Waals surface area contributed by atoms with Crippen molar-refractivity contribution < 1.29 is 72.8 Å². The summed E-state index contributed by atoms with van der Waals surface area (Å²) in [6.07, 6.45) is -12.3. The van der Waals surface area contributed by atoms with Crippen LogP contribution >= 0.6 is 0 Å². The highest BCUT2D eigenvalue weighted by Gasteiger charge is 2.56. The first-order valence-corrected chi connectivity index (χ1v) is 10.6. The van der Waals surface area contributed by atoms with Crippen molar-refractivity contribution >= 4 is 23.9 Å². The summed E-state index contributed by atoms with van der Waals surface area (Å²) < 4.78 is 36.9. The molecular weight excluding hydrogens is 480 g/mol. The number of aliphatic hydroxyl groups is 4. The highest BCUT2D eigenvalue weighted by molar-refractivity contribution is 5.68. The Morgan fingerprint density at radius 1 is 0.829 bits per heavy atom. The van der Waals surface area contributed by atoms with Crippen molar-refractivity contribution in [1.82, 2.24) is 0 Å². The summed E-state index contributed by atoms with van der Waals surface area (Å²) >= 11 is 0. The predicted octanol–water partition coefficient (Wildman–Crippen LogP) is -3.11. The molecule has 0 saturated carbocycles. The van der Waals surface area contributed by atoms with Gasteiger partial charge in [-0.1, -0.05) is 0 Å². The Balaban J connectivity index is 2.36. The first-order chi connectivity index (χ1) is 16.3. The van der Waals surface area contributed by atoms with Crippen LogP contribution in [0.3, 0.4) is 0 Å². The summed E-state index contributed by atoms with van der Waals surface area (Å²) in [5.41, 5.74) is 0. The van der Waals surface area contributed by atoms with Gasteiger partial charge in [0.15, 0.2) is 24.6 Å². The highest BCUT2D eigenvalue weighted by atomic mass is 16.8.